The maximum absolute atomic E-state index is 11.5. The SMILES string of the molecule is CCc1sc(C(=O)O)c(-c2ccc(-c3cccs3)cc2)c1C#N. The van der Waals surface area contributed by atoms with Crippen molar-refractivity contribution in [1.82, 2.24) is 0 Å². The van der Waals surface area contributed by atoms with Gasteiger partial charge in [-0.05, 0) is 29.0 Å². The molecule has 0 aliphatic rings. The second-order valence-electron chi connectivity index (χ2n) is 4.93. The Bertz CT molecular complexity index is 884. The molecule has 0 spiro atoms. The fourth-order valence-electron chi connectivity index (χ4n) is 2.52. The molecule has 0 amide bonds. The molecule has 0 saturated carbocycles. The molecule has 2 heterocycles. The Labute approximate surface area is 142 Å². The highest BCUT2D eigenvalue weighted by atomic mass is 32.1. The molecule has 23 heavy (non-hydrogen) atoms. The van der Waals surface area contributed by atoms with Gasteiger partial charge >= 0.3 is 5.97 Å². The Balaban J connectivity index is 2.13. The third-order valence-corrected chi connectivity index (χ3v) is 5.83. The number of thiophene rings is 2. The van der Waals surface area contributed by atoms with Gasteiger partial charge in [-0.15, -0.1) is 22.7 Å². The highest BCUT2D eigenvalue weighted by Gasteiger charge is 2.22. The topological polar surface area (TPSA) is 61.1 Å². The monoisotopic (exact) mass is 339 g/mol. The van der Waals surface area contributed by atoms with Crippen LogP contribution >= 0.6 is 22.7 Å². The van der Waals surface area contributed by atoms with Gasteiger partial charge in [0.2, 0.25) is 0 Å². The van der Waals surface area contributed by atoms with Gasteiger partial charge < -0.3 is 5.11 Å². The van der Waals surface area contributed by atoms with E-state index in [0.717, 1.165) is 20.9 Å². The summed E-state index contributed by atoms with van der Waals surface area (Å²) in [4.78, 5) is 13.8. The Morgan fingerprint density at radius 2 is 1.91 bits per heavy atom. The van der Waals surface area contributed by atoms with Crippen molar-refractivity contribution in [3.63, 3.8) is 0 Å². The summed E-state index contributed by atoms with van der Waals surface area (Å²) in [7, 11) is 0. The first-order valence-electron chi connectivity index (χ1n) is 7.09. The zero-order chi connectivity index (χ0) is 16.4. The minimum absolute atomic E-state index is 0.238. The predicted molar refractivity (Wildman–Crippen MR) is 94.1 cm³/mol. The molecule has 3 rings (SSSR count). The zero-order valence-electron chi connectivity index (χ0n) is 12.4. The molecule has 0 aliphatic carbocycles. The lowest BCUT2D eigenvalue weighted by atomic mass is 9.98. The van der Waals surface area contributed by atoms with Crippen molar-refractivity contribution in [2.45, 2.75) is 13.3 Å². The van der Waals surface area contributed by atoms with Crippen LogP contribution in [0, 0.1) is 11.3 Å². The summed E-state index contributed by atoms with van der Waals surface area (Å²) in [5, 5.41) is 20.9. The summed E-state index contributed by atoms with van der Waals surface area (Å²) in [5.74, 6) is -0.983. The number of hydrogen-bond acceptors (Lipinski definition) is 4. The lowest BCUT2D eigenvalue weighted by Crippen LogP contribution is -1.95. The lowest BCUT2D eigenvalue weighted by Gasteiger charge is -2.04. The van der Waals surface area contributed by atoms with Gasteiger partial charge in [0.25, 0.3) is 0 Å². The average molecular weight is 339 g/mol. The van der Waals surface area contributed by atoms with Crippen LogP contribution in [0.4, 0.5) is 0 Å². The predicted octanol–water partition coefficient (Wildman–Crippen LogP) is 5.28. The molecule has 0 fully saturated rings. The van der Waals surface area contributed by atoms with E-state index in [9.17, 15) is 15.2 Å². The van der Waals surface area contributed by atoms with Gasteiger partial charge in [0.05, 0.1) is 5.56 Å². The van der Waals surface area contributed by atoms with Gasteiger partial charge in [-0.2, -0.15) is 5.26 Å². The minimum atomic E-state index is -0.983. The highest BCUT2D eigenvalue weighted by Crippen LogP contribution is 2.38. The number of carbonyl (C=O) groups is 1. The molecule has 2 aromatic heterocycles. The third kappa shape index (κ3) is 2.79. The van der Waals surface area contributed by atoms with E-state index in [1.54, 1.807) is 11.3 Å². The fraction of sp³-hybridized carbons (Fsp3) is 0.111. The summed E-state index contributed by atoms with van der Waals surface area (Å²) < 4.78 is 0. The van der Waals surface area contributed by atoms with E-state index in [4.69, 9.17) is 0 Å². The van der Waals surface area contributed by atoms with Crippen LogP contribution in [0.5, 0.6) is 0 Å². The van der Waals surface area contributed by atoms with Crippen LogP contribution in [0.15, 0.2) is 41.8 Å². The van der Waals surface area contributed by atoms with E-state index in [-0.39, 0.29) is 4.88 Å². The third-order valence-electron chi connectivity index (χ3n) is 3.59. The average Bonchev–Trinajstić information content (AvgIpc) is 3.22. The first kappa shape index (κ1) is 15.5. The molecule has 3 aromatic rings. The molecule has 1 aromatic carbocycles. The van der Waals surface area contributed by atoms with Gasteiger partial charge in [0.15, 0.2) is 0 Å². The van der Waals surface area contributed by atoms with Crippen LogP contribution in [0.2, 0.25) is 0 Å². The molecular formula is C18H13NO2S2. The molecule has 1 N–H and O–H groups in total. The van der Waals surface area contributed by atoms with Crippen molar-refractivity contribution in [2.75, 3.05) is 0 Å². The normalized spacial score (nSPS) is 10.4. The van der Waals surface area contributed by atoms with Crippen LogP contribution < -0.4 is 0 Å². The zero-order valence-corrected chi connectivity index (χ0v) is 14.0. The maximum Gasteiger partial charge on any atom is 0.346 e. The quantitative estimate of drug-likeness (QED) is 0.704. The second kappa shape index (κ2) is 6.37. The van der Waals surface area contributed by atoms with E-state index in [1.807, 2.05) is 48.7 Å². The van der Waals surface area contributed by atoms with Crippen LogP contribution in [0.25, 0.3) is 21.6 Å². The summed E-state index contributed by atoms with van der Waals surface area (Å²) in [6, 6.07) is 13.9. The van der Waals surface area contributed by atoms with E-state index in [2.05, 4.69) is 6.07 Å². The number of nitrogens with zero attached hydrogens (tertiary/aromatic N) is 1. The standard InChI is InChI=1S/C18H13NO2S2/c1-2-14-13(10-19)16(17(23-14)18(20)21)12-7-5-11(6-8-12)15-4-3-9-22-15/h3-9H,2H2,1H3,(H,20,21). The molecule has 0 radical (unpaired) electrons. The smallest absolute Gasteiger partial charge is 0.346 e. The second-order valence-corrected chi connectivity index (χ2v) is 6.98. The van der Waals surface area contributed by atoms with Crippen LogP contribution in [-0.2, 0) is 6.42 Å². The van der Waals surface area contributed by atoms with Crippen molar-refractivity contribution in [3.8, 4) is 27.6 Å². The van der Waals surface area contributed by atoms with Gasteiger partial charge in [-0.3, -0.25) is 0 Å². The first-order chi connectivity index (χ1) is 11.2. The summed E-state index contributed by atoms with van der Waals surface area (Å²) in [6.07, 6.45) is 0.654. The molecule has 3 nitrogen and oxygen atoms in total. The van der Waals surface area contributed by atoms with Gasteiger partial charge in [0.1, 0.15) is 10.9 Å². The summed E-state index contributed by atoms with van der Waals surface area (Å²) in [6.45, 7) is 1.93. The number of aryl methyl sites for hydroxylation is 1. The number of hydrogen-bond donors (Lipinski definition) is 1. The Kier molecular flexibility index (Phi) is 4.28. The minimum Gasteiger partial charge on any atom is -0.477 e. The van der Waals surface area contributed by atoms with Crippen molar-refractivity contribution < 1.29 is 9.90 Å². The Morgan fingerprint density at radius 3 is 2.43 bits per heavy atom. The molecule has 0 atom stereocenters. The molecule has 0 saturated heterocycles. The number of nitriles is 1. The van der Waals surface area contributed by atoms with E-state index in [1.165, 1.54) is 11.3 Å². The molecule has 0 bridgehead atoms. The molecule has 5 heteroatoms. The van der Waals surface area contributed by atoms with Crippen molar-refractivity contribution >= 4 is 28.6 Å². The van der Waals surface area contributed by atoms with Crippen LogP contribution in [0.1, 0.15) is 27.0 Å². The number of rotatable bonds is 4. The van der Waals surface area contributed by atoms with E-state index in [0.29, 0.717) is 17.5 Å². The summed E-state index contributed by atoms with van der Waals surface area (Å²) in [5.41, 5.74) is 2.89. The first-order valence-corrected chi connectivity index (χ1v) is 8.78. The number of benzene rings is 1. The van der Waals surface area contributed by atoms with Gasteiger partial charge in [-0.1, -0.05) is 37.3 Å². The molecular weight excluding hydrogens is 326 g/mol. The molecule has 114 valence electrons. The molecule has 0 unspecified atom stereocenters. The van der Waals surface area contributed by atoms with Crippen molar-refractivity contribution in [3.05, 3.63) is 57.1 Å². The molecule has 0 aliphatic heterocycles. The lowest BCUT2D eigenvalue weighted by molar-refractivity contribution is 0.0703. The van der Waals surface area contributed by atoms with Crippen LogP contribution in [-0.4, -0.2) is 11.1 Å². The fourth-order valence-corrected chi connectivity index (χ4v) is 4.30. The largest absolute Gasteiger partial charge is 0.477 e. The number of aromatic carboxylic acids is 1. The maximum atomic E-state index is 11.5. The highest BCUT2D eigenvalue weighted by molar-refractivity contribution is 7.14. The van der Waals surface area contributed by atoms with E-state index >= 15 is 0 Å². The Hall–Kier alpha value is -2.42. The van der Waals surface area contributed by atoms with Crippen molar-refractivity contribution in [2.24, 2.45) is 0 Å². The van der Waals surface area contributed by atoms with Gasteiger partial charge in [-0.25, -0.2) is 4.79 Å². The summed E-state index contributed by atoms with van der Waals surface area (Å²) >= 11 is 2.85. The van der Waals surface area contributed by atoms with Crippen LogP contribution in [0.3, 0.4) is 0 Å². The number of carboxylic acids is 1. The Morgan fingerprint density at radius 1 is 1.22 bits per heavy atom. The van der Waals surface area contributed by atoms with Crippen molar-refractivity contribution in [1.29, 1.82) is 5.26 Å². The van der Waals surface area contributed by atoms with E-state index < -0.39 is 5.97 Å². The number of carboxylic acid groups (broad SMARTS) is 1. The van der Waals surface area contributed by atoms with Gasteiger partial charge in [0, 0.05) is 15.3 Å².